The van der Waals surface area contributed by atoms with Gasteiger partial charge in [-0.3, -0.25) is 0 Å². The average Bonchev–Trinajstić information content (AvgIpc) is 3.84. The standard InChI is InChI=1S/C29H17O2S4.C5H5.Fe/c1-2-9-18(8-1)26(28-32-22-11-3-4-12-23(22)33-28)20-15-16-21(31-20)27(19-10-7-17-30-19)29-34-24-13-5-6-14-25(24)35-29;1-2-4-5-3-1;/h1-17H;1-5H;/q2*-1;+2. The average molecular weight is 647 g/mol. The van der Waals surface area contributed by atoms with E-state index in [1.54, 1.807) is 29.8 Å². The second-order valence-electron chi connectivity index (χ2n) is 8.90. The fourth-order valence-electron chi connectivity index (χ4n) is 4.46. The third kappa shape index (κ3) is 6.02. The van der Waals surface area contributed by atoms with Crippen molar-refractivity contribution in [2.24, 2.45) is 0 Å². The molecule has 0 amide bonds. The SMILES string of the molecule is [Fe+2].c1cc[cH-]c1.c1coc(C(=C2Sc3ccccc3S2)c2ccc(C(=C3Sc4ccccc4S3)[c-]3cccc3)o2)c1. The van der Waals surface area contributed by atoms with Crippen molar-refractivity contribution in [3.05, 3.63) is 165 Å². The molecule has 0 radical (unpaired) electrons. The van der Waals surface area contributed by atoms with Crippen LogP contribution in [0.25, 0.3) is 11.1 Å². The van der Waals surface area contributed by atoms with Crippen LogP contribution >= 0.6 is 47.0 Å². The summed E-state index contributed by atoms with van der Waals surface area (Å²) in [6, 6.07) is 43.6. The molecule has 0 bridgehead atoms. The molecule has 4 heterocycles. The topological polar surface area (TPSA) is 26.3 Å². The van der Waals surface area contributed by atoms with Gasteiger partial charge in [0.25, 0.3) is 0 Å². The molecule has 4 aromatic carbocycles. The van der Waals surface area contributed by atoms with Gasteiger partial charge < -0.3 is 8.83 Å². The molecular weight excluding hydrogens is 624 g/mol. The van der Waals surface area contributed by atoms with Gasteiger partial charge >= 0.3 is 17.1 Å². The van der Waals surface area contributed by atoms with Crippen molar-refractivity contribution in [2.45, 2.75) is 19.6 Å². The first-order valence-corrected chi connectivity index (χ1v) is 16.0. The van der Waals surface area contributed by atoms with Crippen LogP contribution in [-0.2, 0) is 17.1 Å². The molecule has 2 aliphatic rings. The van der Waals surface area contributed by atoms with Crippen LogP contribution in [0.1, 0.15) is 22.8 Å². The predicted molar refractivity (Wildman–Crippen MR) is 170 cm³/mol. The molecule has 41 heavy (non-hydrogen) atoms. The van der Waals surface area contributed by atoms with E-state index in [-0.39, 0.29) is 17.1 Å². The van der Waals surface area contributed by atoms with Gasteiger partial charge in [-0.2, -0.15) is 30.3 Å². The number of benzene rings is 2. The van der Waals surface area contributed by atoms with Crippen molar-refractivity contribution in [3.8, 4) is 0 Å². The molecular formula is C34H22FeO2S4. The zero-order valence-corrected chi connectivity index (χ0v) is 25.9. The Balaban J connectivity index is 0.000000458. The fourth-order valence-corrected chi connectivity index (χ4v) is 9.67. The minimum Gasteiger partial charge on any atom is -0.491 e. The normalized spacial score (nSPS) is 13.2. The van der Waals surface area contributed by atoms with Crippen LogP contribution in [0.4, 0.5) is 0 Å². The second kappa shape index (κ2) is 13.0. The van der Waals surface area contributed by atoms with Crippen molar-refractivity contribution in [3.63, 3.8) is 0 Å². The van der Waals surface area contributed by atoms with Crippen molar-refractivity contribution in [1.29, 1.82) is 0 Å². The van der Waals surface area contributed by atoms with Crippen molar-refractivity contribution < 1.29 is 25.9 Å². The van der Waals surface area contributed by atoms with Gasteiger partial charge in [-0.25, -0.2) is 12.1 Å². The van der Waals surface area contributed by atoms with E-state index in [9.17, 15) is 0 Å². The van der Waals surface area contributed by atoms with E-state index in [1.165, 1.54) is 28.1 Å². The molecule has 2 nitrogen and oxygen atoms in total. The maximum atomic E-state index is 6.65. The Morgan fingerprint density at radius 3 is 1.63 bits per heavy atom. The maximum Gasteiger partial charge on any atom is 2.00 e. The number of fused-ring (bicyclic) bond motifs is 2. The summed E-state index contributed by atoms with van der Waals surface area (Å²) in [6.07, 6.45) is 1.72. The van der Waals surface area contributed by atoms with Gasteiger partial charge in [0.1, 0.15) is 11.5 Å². The van der Waals surface area contributed by atoms with Crippen LogP contribution in [0.3, 0.4) is 0 Å². The summed E-state index contributed by atoms with van der Waals surface area (Å²) in [5, 5.41) is 0. The summed E-state index contributed by atoms with van der Waals surface area (Å²) in [5.41, 5.74) is 3.29. The summed E-state index contributed by atoms with van der Waals surface area (Å²) >= 11 is 7.17. The summed E-state index contributed by atoms with van der Waals surface area (Å²) in [4.78, 5) is 5.11. The van der Waals surface area contributed by atoms with Crippen LogP contribution in [0.15, 0.2) is 171 Å². The molecule has 0 unspecified atom stereocenters. The van der Waals surface area contributed by atoms with Gasteiger partial charge in [-0.1, -0.05) is 58.9 Å². The van der Waals surface area contributed by atoms with E-state index in [2.05, 4.69) is 84.9 Å². The predicted octanol–water partition coefficient (Wildman–Crippen LogP) is 11.2. The summed E-state index contributed by atoms with van der Waals surface area (Å²) in [7, 11) is 0. The van der Waals surface area contributed by atoms with Gasteiger partial charge in [0.2, 0.25) is 0 Å². The molecule has 6 aromatic rings. The van der Waals surface area contributed by atoms with Gasteiger partial charge in [-0.05, 0) is 52.8 Å². The van der Waals surface area contributed by atoms with Gasteiger partial charge in [0.05, 0.1) is 21.8 Å². The zero-order valence-electron chi connectivity index (χ0n) is 21.5. The van der Waals surface area contributed by atoms with Gasteiger partial charge in [-0.15, -0.1) is 35.7 Å². The molecule has 0 spiro atoms. The third-order valence-electron chi connectivity index (χ3n) is 6.29. The van der Waals surface area contributed by atoms with Crippen LogP contribution in [-0.4, -0.2) is 0 Å². The molecule has 0 saturated heterocycles. The van der Waals surface area contributed by atoms with E-state index in [0.717, 1.165) is 34.0 Å². The fraction of sp³-hybridized carbons (Fsp3) is 0. The Bertz CT molecular complexity index is 1600. The molecule has 0 aliphatic carbocycles. The van der Waals surface area contributed by atoms with E-state index < -0.39 is 0 Å². The summed E-state index contributed by atoms with van der Waals surface area (Å²) in [5.74, 6) is 2.49. The van der Waals surface area contributed by atoms with E-state index in [1.807, 2.05) is 66.0 Å². The molecule has 0 atom stereocenters. The first-order chi connectivity index (χ1) is 19.8. The molecule has 0 N–H and O–H groups in total. The minimum atomic E-state index is 0. The molecule has 202 valence electrons. The minimum absolute atomic E-state index is 0. The molecule has 8 rings (SSSR count). The van der Waals surface area contributed by atoms with Crippen molar-refractivity contribution in [1.82, 2.24) is 0 Å². The van der Waals surface area contributed by atoms with Crippen LogP contribution < -0.4 is 0 Å². The second-order valence-corrected chi connectivity index (χ2v) is 13.6. The summed E-state index contributed by atoms with van der Waals surface area (Å²) < 4.78 is 14.9. The number of rotatable bonds is 4. The van der Waals surface area contributed by atoms with Crippen LogP contribution in [0.2, 0.25) is 0 Å². The van der Waals surface area contributed by atoms with Crippen LogP contribution in [0.5, 0.6) is 0 Å². The molecule has 7 heteroatoms. The number of thioether (sulfide) groups is 4. The number of hydrogen-bond acceptors (Lipinski definition) is 6. The Kier molecular flexibility index (Phi) is 8.92. The Hall–Kier alpha value is -2.90. The molecule has 2 aliphatic heterocycles. The largest absolute Gasteiger partial charge is 2.00 e. The number of hydrogen-bond donors (Lipinski definition) is 0. The van der Waals surface area contributed by atoms with E-state index >= 15 is 0 Å². The quantitative estimate of drug-likeness (QED) is 0.140. The van der Waals surface area contributed by atoms with Gasteiger partial charge in [0, 0.05) is 19.6 Å². The van der Waals surface area contributed by atoms with Crippen molar-refractivity contribution in [2.75, 3.05) is 0 Å². The van der Waals surface area contributed by atoms with Gasteiger partial charge in [0.15, 0.2) is 0 Å². The molecule has 2 aromatic heterocycles. The first kappa shape index (κ1) is 28.2. The third-order valence-corrected chi connectivity index (χ3v) is 11.4. The van der Waals surface area contributed by atoms with Crippen molar-refractivity contribution >= 4 is 58.2 Å². The first-order valence-electron chi connectivity index (χ1n) is 12.7. The monoisotopic (exact) mass is 646 g/mol. The number of furan rings is 2. The Morgan fingerprint density at radius 1 is 0.561 bits per heavy atom. The van der Waals surface area contributed by atoms with E-state index in [0.29, 0.717) is 0 Å². The Morgan fingerprint density at radius 2 is 1.12 bits per heavy atom. The maximum absolute atomic E-state index is 6.65. The Labute approximate surface area is 266 Å². The molecule has 0 saturated carbocycles. The smallest absolute Gasteiger partial charge is 0.491 e. The molecule has 0 fully saturated rings. The van der Waals surface area contributed by atoms with Crippen LogP contribution in [0, 0.1) is 0 Å². The zero-order chi connectivity index (χ0) is 26.7. The van der Waals surface area contributed by atoms with E-state index in [4.69, 9.17) is 8.83 Å². The summed E-state index contributed by atoms with van der Waals surface area (Å²) in [6.45, 7) is 0.